The molecule has 1 atom stereocenters. The third-order valence-electron chi connectivity index (χ3n) is 4.06. The predicted molar refractivity (Wildman–Crippen MR) is 93.7 cm³/mol. The summed E-state index contributed by atoms with van der Waals surface area (Å²) in [6.45, 7) is 4.18. The number of benzene rings is 1. The number of hydrogen-bond acceptors (Lipinski definition) is 5. The van der Waals surface area contributed by atoms with Gasteiger partial charge >= 0.3 is 0 Å². The molecule has 2 heterocycles. The standard InChI is InChI=1S/C16H20N2O3S2/c1-11-9-17-7-8-18(11)16(19)15-13(10-23(2,20)21)12-5-3-4-6-14(12)22-15/h3-6,11,17H,7-10H2,1-2H3/t11-/m1/s1. The number of nitrogens with zero attached hydrogens (tertiary/aromatic N) is 1. The van der Waals surface area contributed by atoms with Gasteiger partial charge < -0.3 is 10.2 Å². The number of carbonyl (C=O) groups is 1. The number of thiophene rings is 1. The van der Waals surface area contributed by atoms with Crippen LogP contribution < -0.4 is 5.32 Å². The smallest absolute Gasteiger partial charge is 0.264 e. The van der Waals surface area contributed by atoms with E-state index in [1.165, 1.54) is 17.6 Å². The van der Waals surface area contributed by atoms with Gasteiger partial charge in [0.05, 0.1) is 10.6 Å². The molecule has 1 fully saturated rings. The van der Waals surface area contributed by atoms with Gasteiger partial charge in [-0.3, -0.25) is 4.79 Å². The molecule has 1 aromatic heterocycles. The van der Waals surface area contributed by atoms with E-state index >= 15 is 0 Å². The lowest BCUT2D eigenvalue weighted by Crippen LogP contribution is -2.52. The molecule has 3 rings (SSSR count). The van der Waals surface area contributed by atoms with E-state index in [1.54, 1.807) is 0 Å². The Morgan fingerprint density at radius 1 is 1.39 bits per heavy atom. The second kappa shape index (κ2) is 6.22. The van der Waals surface area contributed by atoms with Crippen LogP contribution >= 0.6 is 11.3 Å². The molecule has 0 spiro atoms. The van der Waals surface area contributed by atoms with E-state index in [9.17, 15) is 13.2 Å². The number of hydrogen-bond donors (Lipinski definition) is 1. The summed E-state index contributed by atoms with van der Waals surface area (Å²) in [6.07, 6.45) is 1.21. The maximum Gasteiger partial charge on any atom is 0.264 e. The third kappa shape index (κ3) is 3.41. The minimum absolute atomic E-state index is 0.0566. The van der Waals surface area contributed by atoms with Gasteiger partial charge in [-0.1, -0.05) is 18.2 Å². The molecule has 2 aromatic rings. The highest BCUT2D eigenvalue weighted by atomic mass is 32.2. The first-order valence-electron chi connectivity index (χ1n) is 7.56. The fraction of sp³-hybridized carbons (Fsp3) is 0.438. The summed E-state index contributed by atoms with van der Waals surface area (Å²) >= 11 is 1.39. The molecule has 5 nitrogen and oxygen atoms in total. The van der Waals surface area contributed by atoms with Crippen molar-refractivity contribution in [2.45, 2.75) is 18.7 Å². The fourth-order valence-corrected chi connectivity index (χ4v) is 5.04. The number of piperazine rings is 1. The summed E-state index contributed by atoms with van der Waals surface area (Å²) in [4.78, 5) is 15.4. The van der Waals surface area contributed by atoms with E-state index in [0.29, 0.717) is 17.0 Å². The molecular formula is C16H20N2O3S2. The van der Waals surface area contributed by atoms with E-state index < -0.39 is 9.84 Å². The number of carbonyl (C=O) groups excluding carboxylic acids is 1. The highest BCUT2D eigenvalue weighted by Gasteiger charge is 2.29. The molecular weight excluding hydrogens is 332 g/mol. The summed E-state index contributed by atoms with van der Waals surface area (Å²) in [5, 5.41) is 4.13. The highest BCUT2D eigenvalue weighted by Crippen LogP contribution is 2.33. The van der Waals surface area contributed by atoms with Gasteiger partial charge in [0, 0.05) is 36.6 Å². The van der Waals surface area contributed by atoms with E-state index in [1.807, 2.05) is 36.1 Å². The molecule has 0 saturated carbocycles. The van der Waals surface area contributed by atoms with Gasteiger partial charge in [-0.25, -0.2) is 8.42 Å². The largest absolute Gasteiger partial charge is 0.333 e. The number of fused-ring (bicyclic) bond motifs is 1. The van der Waals surface area contributed by atoms with Crippen molar-refractivity contribution in [1.82, 2.24) is 10.2 Å². The summed E-state index contributed by atoms with van der Waals surface area (Å²) in [6, 6.07) is 7.72. The first-order valence-corrected chi connectivity index (χ1v) is 10.4. The van der Waals surface area contributed by atoms with Gasteiger partial charge in [0.2, 0.25) is 0 Å². The van der Waals surface area contributed by atoms with E-state index in [0.717, 1.165) is 23.2 Å². The van der Waals surface area contributed by atoms with Gasteiger partial charge in [-0.15, -0.1) is 11.3 Å². The third-order valence-corrected chi connectivity index (χ3v) is 6.08. The highest BCUT2D eigenvalue weighted by molar-refractivity contribution is 7.89. The minimum atomic E-state index is -3.22. The lowest BCUT2D eigenvalue weighted by atomic mass is 10.1. The van der Waals surface area contributed by atoms with Gasteiger partial charge in [-0.2, -0.15) is 0 Å². The van der Waals surface area contributed by atoms with Crippen molar-refractivity contribution in [3.8, 4) is 0 Å². The molecule has 1 N–H and O–H groups in total. The van der Waals surface area contributed by atoms with Gasteiger partial charge in [0.25, 0.3) is 5.91 Å². The number of nitrogens with one attached hydrogen (secondary N) is 1. The van der Waals surface area contributed by atoms with Crippen molar-refractivity contribution in [3.63, 3.8) is 0 Å². The molecule has 7 heteroatoms. The molecule has 1 amide bonds. The van der Waals surface area contributed by atoms with Crippen LogP contribution in [0.5, 0.6) is 0 Å². The maximum atomic E-state index is 13.0. The van der Waals surface area contributed by atoms with Crippen molar-refractivity contribution in [1.29, 1.82) is 0 Å². The second-order valence-corrected chi connectivity index (χ2v) is 9.22. The molecule has 23 heavy (non-hydrogen) atoms. The number of rotatable bonds is 3. The fourth-order valence-electron chi connectivity index (χ4n) is 2.95. The molecule has 0 bridgehead atoms. The molecule has 0 unspecified atom stereocenters. The van der Waals surface area contributed by atoms with Crippen molar-refractivity contribution in [3.05, 3.63) is 34.7 Å². The molecule has 0 radical (unpaired) electrons. The molecule has 1 aliphatic rings. The lowest BCUT2D eigenvalue weighted by Gasteiger charge is -2.33. The molecule has 1 aliphatic heterocycles. The van der Waals surface area contributed by atoms with Crippen molar-refractivity contribution in [2.24, 2.45) is 0 Å². The van der Waals surface area contributed by atoms with Crippen LogP contribution in [0.25, 0.3) is 10.1 Å². The average molecular weight is 352 g/mol. The zero-order valence-electron chi connectivity index (χ0n) is 13.2. The first-order chi connectivity index (χ1) is 10.9. The second-order valence-electron chi connectivity index (χ2n) is 6.03. The summed E-state index contributed by atoms with van der Waals surface area (Å²) < 4.78 is 24.6. The van der Waals surface area contributed by atoms with E-state index in [-0.39, 0.29) is 17.7 Å². The van der Waals surface area contributed by atoms with Gasteiger partial charge in [0.15, 0.2) is 9.84 Å². The minimum Gasteiger partial charge on any atom is -0.333 e. The lowest BCUT2D eigenvalue weighted by molar-refractivity contribution is 0.0660. The van der Waals surface area contributed by atoms with Gasteiger partial charge in [0.1, 0.15) is 0 Å². The van der Waals surface area contributed by atoms with Crippen LogP contribution in [0.1, 0.15) is 22.2 Å². The van der Waals surface area contributed by atoms with Gasteiger partial charge in [-0.05, 0) is 23.9 Å². The number of sulfone groups is 1. The van der Waals surface area contributed by atoms with Crippen LogP contribution in [-0.2, 0) is 15.6 Å². The van der Waals surface area contributed by atoms with Crippen molar-refractivity contribution in [2.75, 3.05) is 25.9 Å². The Labute approximate surface area is 140 Å². The van der Waals surface area contributed by atoms with Crippen LogP contribution in [-0.4, -0.2) is 51.2 Å². The van der Waals surface area contributed by atoms with E-state index in [4.69, 9.17) is 0 Å². The Bertz CT molecular complexity index is 842. The van der Waals surface area contributed by atoms with Crippen LogP contribution in [0.2, 0.25) is 0 Å². The quantitative estimate of drug-likeness (QED) is 0.916. The van der Waals surface area contributed by atoms with Crippen molar-refractivity contribution >= 4 is 37.2 Å². The summed E-state index contributed by atoms with van der Waals surface area (Å²) in [7, 11) is -3.22. The summed E-state index contributed by atoms with van der Waals surface area (Å²) in [5.41, 5.74) is 0.642. The average Bonchev–Trinajstić information content (AvgIpc) is 2.84. The Hall–Kier alpha value is -1.44. The molecule has 124 valence electrons. The Morgan fingerprint density at radius 3 is 2.83 bits per heavy atom. The van der Waals surface area contributed by atoms with Crippen LogP contribution in [0.15, 0.2) is 24.3 Å². The Kier molecular flexibility index (Phi) is 4.44. The zero-order chi connectivity index (χ0) is 16.6. The topological polar surface area (TPSA) is 66.5 Å². The summed E-state index contributed by atoms with van der Waals surface area (Å²) in [5.74, 6) is -0.155. The molecule has 1 aromatic carbocycles. The van der Waals surface area contributed by atoms with Crippen LogP contribution in [0.3, 0.4) is 0 Å². The Balaban J connectivity index is 2.08. The normalized spacial score (nSPS) is 19.2. The zero-order valence-corrected chi connectivity index (χ0v) is 14.8. The monoisotopic (exact) mass is 352 g/mol. The van der Waals surface area contributed by atoms with Crippen molar-refractivity contribution < 1.29 is 13.2 Å². The molecule has 0 aliphatic carbocycles. The van der Waals surface area contributed by atoms with Crippen LogP contribution in [0.4, 0.5) is 0 Å². The maximum absolute atomic E-state index is 13.0. The van der Waals surface area contributed by atoms with Crippen LogP contribution in [0, 0.1) is 0 Å². The number of amides is 1. The van der Waals surface area contributed by atoms with E-state index in [2.05, 4.69) is 5.32 Å². The Morgan fingerprint density at radius 2 is 2.13 bits per heavy atom. The first kappa shape index (κ1) is 16.4. The molecule has 1 saturated heterocycles. The predicted octanol–water partition coefficient (Wildman–Crippen LogP) is 1.88. The SMILES string of the molecule is C[C@@H]1CNCCN1C(=O)c1sc2ccccc2c1CS(C)(=O)=O.